The summed E-state index contributed by atoms with van der Waals surface area (Å²) in [5, 5.41) is 10.4. The fourth-order valence-corrected chi connectivity index (χ4v) is 4.36. The zero-order chi connectivity index (χ0) is 26.9. The third-order valence-corrected chi connectivity index (χ3v) is 6.98. The molecule has 0 aromatic heterocycles. The van der Waals surface area contributed by atoms with E-state index < -0.39 is 27.7 Å². The third-order valence-electron chi connectivity index (χ3n) is 5.70. The number of primary sulfonamides is 1. The van der Waals surface area contributed by atoms with Crippen molar-refractivity contribution in [1.29, 1.82) is 0 Å². The number of hydrogen-bond acceptors (Lipinski definition) is 6. The number of rotatable bonds is 7. The summed E-state index contributed by atoms with van der Waals surface area (Å²) < 4.78 is 22.7. The highest BCUT2D eigenvalue weighted by Crippen LogP contribution is 2.31. The summed E-state index contributed by atoms with van der Waals surface area (Å²) in [5.41, 5.74) is 2.56. The van der Waals surface area contributed by atoms with Crippen LogP contribution in [0.2, 0.25) is 0 Å². The largest absolute Gasteiger partial charge is 0.350 e. The Balaban J connectivity index is 1.44. The maximum absolute atomic E-state index is 13.0. The van der Waals surface area contributed by atoms with Crippen molar-refractivity contribution in [2.75, 3.05) is 15.5 Å². The summed E-state index contributed by atoms with van der Waals surface area (Å²) in [4.78, 5) is 39.2. The monoisotopic (exact) mass is 538 g/mol. The summed E-state index contributed by atoms with van der Waals surface area (Å²) in [5.74, 6) is -1.35. The van der Waals surface area contributed by atoms with Crippen LogP contribution in [0.15, 0.2) is 88.4 Å². The molecule has 0 saturated carbocycles. The van der Waals surface area contributed by atoms with Crippen molar-refractivity contribution >= 4 is 56.4 Å². The Morgan fingerprint density at radius 3 is 1.97 bits per heavy atom. The Morgan fingerprint density at radius 2 is 1.43 bits per heavy atom. The van der Waals surface area contributed by atoms with E-state index in [0.717, 1.165) is 10.5 Å². The lowest BCUT2D eigenvalue weighted by Crippen LogP contribution is -2.32. The molecule has 11 heteroatoms. The molecule has 3 aromatic rings. The number of halogens is 1. The van der Waals surface area contributed by atoms with Crippen LogP contribution in [-0.2, 0) is 19.6 Å². The van der Waals surface area contributed by atoms with Gasteiger partial charge in [-0.2, -0.15) is 0 Å². The van der Waals surface area contributed by atoms with Crippen LogP contribution < -0.4 is 20.7 Å². The quantitative estimate of drug-likeness (QED) is 0.386. The average Bonchev–Trinajstić information content (AvgIpc) is 3.07. The maximum Gasteiger partial charge on any atom is 0.283 e. The predicted molar refractivity (Wildman–Crippen MR) is 142 cm³/mol. The van der Waals surface area contributed by atoms with Gasteiger partial charge in [0.2, 0.25) is 10.0 Å². The van der Waals surface area contributed by atoms with Crippen LogP contribution in [0.25, 0.3) is 0 Å². The van der Waals surface area contributed by atoms with Crippen LogP contribution in [-0.4, -0.2) is 26.1 Å². The van der Waals surface area contributed by atoms with E-state index in [-0.39, 0.29) is 15.6 Å². The molecule has 37 heavy (non-hydrogen) atoms. The molecule has 3 aromatic carbocycles. The summed E-state index contributed by atoms with van der Waals surface area (Å²) >= 11 is 6.21. The van der Waals surface area contributed by atoms with E-state index in [1.165, 1.54) is 36.4 Å². The minimum absolute atomic E-state index is 0.0632. The molecule has 0 bridgehead atoms. The molecule has 1 heterocycles. The third kappa shape index (κ3) is 5.56. The van der Waals surface area contributed by atoms with Gasteiger partial charge in [-0.15, -0.1) is 0 Å². The molecule has 0 radical (unpaired) electrons. The number of sulfonamides is 1. The van der Waals surface area contributed by atoms with Gasteiger partial charge in [0.05, 0.1) is 10.6 Å². The molecule has 0 saturated heterocycles. The van der Waals surface area contributed by atoms with Gasteiger partial charge < -0.3 is 10.6 Å². The van der Waals surface area contributed by atoms with Gasteiger partial charge in [-0.05, 0) is 72.1 Å². The fraction of sp³-hybridized carbons (Fsp3) is 0.115. The van der Waals surface area contributed by atoms with E-state index in [2.05, 4.69) is 10.6 Å². The number of nitrogens with one attached hydrogen (secondary N) is 2. The molecule has 1 aliphatic rings. The molecule has 0 fully saturated rings. The lowest BCUT2D eigenvalue weighted by atomic mass is 10.0. The van der Waals surface area contributed by atoms with Gasteiger partial charge >= 0.3 is 0 Å². The van der Waals surface area contributed by atoms with E-state index >= 15 is 0 Å². The van der Waals surface area contributed by atoms with Gasteiger partial charge in [0.25, 0.3) is 17.7 Å². The smallest absolute Gasteiger partial charge is 0.283 e. The molecule has 0 atom stereocenters. The van der Waals surface area contributed by atoms with Gasteiger partial charge in [-0.3, -0.25) is 14.4 Å². The van der Waals surface area contributed by atoms with Gasteiger partial charge in [-0.25, -0.2) is 18.5 Å². The number of benzene rings is 3. The number of carbonyl (C=O) groups excluding carboxylic acids is 3. The zero-order valence-electron chi connectivity index (χ0n) is 19.9. The molecule has 3 amide bonds. The molecular weight excluding hydrogens is 516 g/mol. The Bertz CT molecular complexity index is 1510. The summed E-state index contributed by atoms with van der Waals surface area (Å²) in [6.07, 6.45) is 0. The molecular formula is C26H23ClN4O5S. The van der Waals surface area contributed by atoms with Gasteiger partial charge in [-0.1, -0.05) is 37.6 Å². The molecule has 190 valence electrons. The summed E-state index contributed by atoms with van der Waals surface area (Å²) in [6.45, 7) is 4.09. The maximum atomic E-state index is 13.0. The van der Waals surface area contributed by atoms with Crippen LogP contribution in [0.3, 0.4) is 0 Å². The normalized spacial score (nSPS) is 13.9. The minimum Gasteiger partial charge on any atom is -0.350 e. The zero-order valence-corrected chi connectivity index (χ0v) is 21.4. The van der Waals surface area contributed by atoms with Gasteiger partial charge in [0.15, 0.2) is 0 Å². The average molecular weight is 539 g/mol. The van der Waals surface area contributed by atoms with Crippen molar-refractivity contribution in [3.8, 4) is 0 Å². The molecule has 4 N–H and O–H groups in total. The Labute approximate surface area is 219 Å². The van der Waals surface area contributed by atoms with E-state index in [0.29, 0.717) is 28.5 Å². The number of carbonyl (C=O) groups is 3. The van der Waals surface area contributed by atoms with Crippen molar-refractivity contribution in [1.82, 2.24) is 0 Å². The van der Waals surface area contributed by atoms with Crippen LogP contribution in [0.4, 0.5) is 17.1 Å². The van der Waals surface area contributed by atoms with Gasteiger partial charge in [0.1, 0.15) is 10.7 Å². The van der Waals surface area contributed by atoms with Crippen molar-refractivity contribution in [3.63, 3.8) is 0 Å². The van der Waals surface area contributed by atoms with Crippen LogP contribution in [0.5, 0.6) is 0 Å². The topological polar surface area (TPSA) is 139 Å². The molecule has 1 aliphatic heterocycles. The first kappa shape index (κ1) is 26.1. The number of anilines is 3. The first-order valence-electron chi connectivity index (χ1n) is 11.2. The highest BCUT2D eigenvalue weighted by molar-refractivity contribution is 7.89. The van der Waals surface area contributed by atoms with Crippen molar-refractivity contribution in [2.24, 2.45) is 5.14 Å². The Morgan fingerprint density at radius 1 is 0.865 bits per heavy atom. The van der Waals surface area contributed by atoms with E-state index in [9.17, 15) is 22.8 Å². The molecule has 9 nitrogen and oxygen atoms in total. The second-order valence-corrected chi connectivity index (χ2v) is 10.5. The lowest BCUT2D eigenvalue weighted by molar-refractivity contribution is -0.120. The van der Waals surface area contributed by atoms with Crippen molar-refractivity contribution < 1.29 is 22.8 Å². The highest BCUT2D eigenvalue weighted by Gasteiger charge is 2.39. The summed E-state index contributed by atoms with van der Waals surface area (Å²) in [7, 11) is -3.83. The van der Waals surface area contributed by atoms with Crippen molar-refractivity contribution in [2.45, 2.75) is 24.7 Å². The highest BCUT2D eigenvalue weighted by atomic mass is 35.5. The number of hydrogen-bond donors (Lipinski definition) is 3. The van der Waals surface area contributed by atoms with E-state index in [4.69, 9.17) is 16.7 Å². The SMILES string of the molecule is CC(C)c1ccc(N2C(=O)C(Cl)=C(Nc3ccc(C(=O)Nc4ccc(S(N)(=O)=O)cc4)cc3)C2=O)cc1. The lowest BCUT2D eigenvalue weighted by Gasteiger charge is -2.16. The Kier molecular flexibility index (Phi) is 7.17. The fourth-order valence-electron chi connectivity index (χ4n) is 3.63. The van der Waals surface area contributed by atoms with Crippen LogP contribution in [0, 0.1) is 0 Å². The number of nitrogens with two attached hydrogens (primary N) is 1. The number of imide groups is 1. The molecule has 4 rings (SSSR count). The van der Waals surface area contributed by atoms with Crippen LogP contribution >= 0.6 is 11.6 Å². The second-order valence-electron chi connectivity index (χ2n) is 8.61. The first-order chi connectivity index (χ1) is 17.5. The minimum atomic E-state index is -3.83. The van der Waals surface area contributed by atoms with Crippen LogP contribution in [0.1, 0.15) is 35.7 Å². The van der Waals surface area contributed by atoms with Gasteiger partial charge in [0, 0.05) is 16.9 Å². The van der Waals surface area contributed by atoms with Crippen molar-refractivity contribution in [3.05, 3.63) is 94.7 Å². The molecule has 0 aliphatic carbocycles. The number of nitrogens with zero attached hydrogens (tertiary/aromatic N) is 1. The molecule has 0 unspecified atom stereocenters. The Hall–Kier alpha value is -3.99. The molecule has 0 spiro atoms. The predicted octanol–water partition coefficient (Wildman–Crippen LogP) is 4.15. The van der Waals surface area contributed by atoms with E-state index in [1.807, 2.05) is 26.0 Å². The first-order valence-corrected chi connectivity index (χ1v) is 13.1. The van der Waals surface area contributed by atoms with E-state index in [1.54, 1.807) is 24.3 Å². The number of amides is 3. The summed E-state index contributed by atoms with van der Waals surface area (Å²) in [6, 6.07) is 18.7. The standard InChI is InChI=1S/C26H23ClN4O5S/c1-15(2)16-5-11-20(12-6-16)31-25(33)22(27)23(26(31)34)29-18-7-3-17(4-8-18)24(32)30-19-9-13-21(14-10-19)37(28,35)36/h3-15,29H,1-2H3,(H,30,32)(H2,28,35,36). The second kappa shape index (κ2) is 10.2.